The highest BCUT2D eigenvalue weighted by molar-refractivity contribution is 9.10. The molecule has 1 heterocycles. The highest BCUT2D eigenvalue weighted by Gasteiger charge is 2.38. The molecule has 1 saturated heterocycles. The van der Waals surface area contributed by atoms with Gasteiger partial charge in [-0.1, -0.05) is 46.3 Å². The number of ketones is 1. The summed E-state index contributed by atoms with van der Waals surface area (Å²) in [6.07, 6.45) is 0.0582. The largest absolute Gasteiger partial charge is 0.457 e. The number of carbonyl (C=O) groups excluding carboxylic acids is 4. The maximum Gasteiger partial charge on any atom is 0.343 e. The fourth-order valence-corrected chi connectivity index (χ4v) is 4.24. The zero-order valence-corrected chi connectivity index (χ0v) is 21.1. The van der Waals surface area contributed by atoms with Gasteiger partial charge in [-0.3, -0.25) is 14.4 Å². The standard InChI is InChI=1S/C28H24BrNO6/c1-18(19-5-3-2-4-6-19)30-16-22(15-26(30)32)27(33)35-17-25(31)20-9-13-24(14-10-20)36-28(34)21-7-11-23(29)12-8-21/h2-14,18,22H,15-17H2,1H3/t18-,22-/m1/s1. The van der Waals surface area contributed by atoms with Gasteiger partial charge in [-0.25, -0.2) is 4.79 Å². The number of ether oxygens (including phenoxy) is 2. The molecule has 0 radical (unpaired) electrons. The minimum absolute atomic E-state index is 0.0582. The lowest BCUT2D eigenvalue weighted by Gasteiger charge is -2.25. The van der Waals surface area contributed by atoms with Crippen LogP contribution < -0.4 is 4.74 Å². The van der Waals surface area contributed by atoms with Crippen LogP contribution in [0.15, 0.2) is 83.3 Å². The van der Waals surface area contributed by atoms with Gasteiger partial charge in [-0.05, 0) is 61.0 Å². The van der Waals surface area contributed by atoms with Gasteiger partial charge in [0.15, 0.2) is 12.4 Å². The molecule has 184 valence electrons. The first-order valence-electron chi connectivity index (χ1n) is 11.4. The summed E-state index contributed by atoms with van der Waals surface area (Å²) >= 11 is 3.31. The van der Waals surface area contributed by atoms with Gasteiger partial charge in [0, 0.05) is 23.0 Å². The van der Waals surface area contributed by atoms with E-state index in [1.54, 1.807) is 29.2 Å². The topological polar surface area (TPSA) is 90.0 Å². The van der Waals surface area contributed by atoms with Gasteiger partial charge in [0.05, 0.1) is 17.5 Å². The van der Waals surface area contributed by atoms with Crippen LogP contribution in [0.5, 0.6) is 5.75 Å². The molecule has 1 amide bonds. The van der Waals surface area contributed by atoms with Gasteiger partial charge >= 0.3 is 11.9 Å². The first kappa shape index (κ1) is 25.3. The lowest BCUT2D eigenvalue weighted by atomic mass is 10.1. The summed E-state index contributed by atoms with van der Waals surface area (Å²) < 4.78 is 11.4. The third-order valence-corrected chi connectivity index (χ3v) is 6.58. The first-order chi connectivity index (χ1) is 17.3. The molecule has 0 saturated carbocycles. The third-order valence-electron chi connectivity index (χ3n) is 6.05. The van der Waals surface area contributed by atoms with Gasteiger partial charge in [0.25, 0.3) is 0 Å². The van der Waals surface area contributed by atoms with Crippen LogP contribution in [0.3, 0.4) is 0 Å². The van der Waals surface area contributed by atoms with E-state index in [1.165, 1.54) is 24.3 Å². The van der Waals surface area contributed by atoms with Crippen LogP contribution in [0, 0.1) is 5.92 Å². The molecule has 7 nitrogen and oxygen atoms in total. The number of halogens is 1. The number of benzene rings is 3. The van der Waals surface area contributed by atoms with Crippen LogP contribution in [0.1, 0.15) is 45.7 Å². The predicted molar refractivity (Wildman–Crippen MR) is 136 cm³/mol. The molecule has 4 rings (SSSR count). The Balaban J connectivity index is 1.28. The average Bonchev–Trinajstić information content (AvgIpc) is 3.29. The Kier molecular flexibility index (Phi) is 7.95. The van der Waals surface area contributed by atoms with E-state index in [1.807, 2.05) is 37.3 Å². The first-order valence-corrected chi connectivity index (χ1v) is 12.2. The number of carbonyl (C=O) groups is 4. The van der Waals surface area contributed by atoms with Crippen LogP contribution in [-0.2, 0) is 14.3 Å². The Bertz CT molecular complexity index is 1260. The van der Waals surface area contributed by atoms with Crippen molar-refractivity contribution < 1.29 is 28.7 Å². The summed E-state index contributed by atoms with van der Waals surface area (Å²) in [5.74, 6) is -1.93. The van der Waals surface area contributed by atoms with E-state index < -0.39 is 30.2 Å². The molecule has 0 bridgehead atoms. The van der Waals surface area contributed by atoms with Gasteiger partial charge in [-0.2, -0.15) is 0 Å². The molecule has 0 N–H and O–H groups in total. The fourth-order valence-electron chi connectivity index (χ4n) is 3.97. The Morgan fingerprint density at radius 1 is 0.944 bits per heavy atom. The molecule has 0 aliphatic carbocycles. The molecule has 2 atom stereocenters. The maximum atomic E-state index is 12.5. The molecule has 8 heteroatoms. The quantitative estimate of drug-likeness (QED) is 0.223. The number of likely N-dealkylation sites (tertiary alicyclic amines) is 1. The molecular formula is C28H24BrNO6. The molecule has 1 aliphatic rings. The van der Waals surface area contributed by atoms with Crippen molar-refractivity contribution in [3.8, 4) is 5.75 Å². The zero-order valence-electron chi connectivity index (χ0n) is 19.6. The minimum atomic E-state index is -0.614. The smallest absolute Gasteiger partial charge is 0.343 e. The summed E-state index contributed by atoms with van der Waals surface area (Å²) in [6, 6.07) is 22.2. The van der Waals surface area contributed by atoms with Crippen LogP contribution in [0.2, 0.25) is 0 Å². The Labute approximate surface area is 217 Å². The number of hydrogen-bond donors (Lipinski definition) is 0. The molecule has 0 unspecified atom stereocenters. The Morgan fingerprint density at radius 3 is 2.25 bits per heavy atom. The van der Waals surface area contributed by atoms with E-state index >= 15 is 0 Å². The Hall–Kier alpha value is -3.78. The average molecular weight is 550 g/mol. The zero-order chi connectivity index (χ0) is 25.7. The summed E-state index contributed by atoms with van der Waals surface area (Å²) in [6.45, 7) is 1.74. The second kappa shape index (κ2) is 11.3. The fraction of sp³-hybridized carbons (Fsp3) is 0.214. The van der Waals surface area contributed by atoms with E-state index in [0.717, 1.165) is 10.0 Å². The highest BCUT2D eigenvalue weighted by Crippen LogP contribution is 2.29. The molecule has 0 spiro atoms. The van der Waals surface area contributed by atoms with Crippen molar-refractivity contribution in [2.75, 3.05) is 13.2 Å². The number of rotatable bonds is 8. The second-order valence-electron chi connectivity index (χ2n) is 8.49. The van der Waals surface area contributed by atoms with Crippen molar-refractivity contribution in [3.63, 3.8) is 0 Å². The predicted octanol–water partition coefficient (Wildman–Crippen LogP) is 5.00. The lowest BCUT2D eigenvalue weighted by molar-refractivity contribution is -0.147. The second-order valence-corrected chi connectivity index (χ2v) is 9.40. The van der Waals surface area contributed by atoms with Gasteiger partial charge in [-0.15, -0.1) is 0 Å². The number of esters is 2. The normalized spacial score (nSPS) is 15.9. The highest BCUT2D eigenvalue weighted by atomic mass is 79.9. The number of hydrogen-bond acceptors (Lipinski definition) is 6. The maximum absolute atomic E-state index is 12.5. The number of nitrogens with zero attached hydrogens (tertiary/aromatic N) is 1. The van der Waals surface area contributed by atoms with Crippen molar-refractivity contribution in [3.05, 3.63) is 100 Å². The molecule has 0 aromatic heterocycles. The van der Waals surface area contributed by atoms with E-state index in [4.69, 9.17) is 9.47 Å². The molecule has 1 aliphatic heterocycles. The summed E-state index contributed by atoms with van der Waals surface area (Å²) in [5.41, 5.74) is 1.70. The van der Waals surface area contributed by atoms with Crippen molar-refractivity contribution in [2.24, 2.45) is 5.92 Å². The van der Waals surface area contributed by atoms with Crippen LogP contribution in [0.4, 0.5) is 0 Å². The van der Waals surface area contributed by atoms with E-state index in [-0.39, 0.29) is 30.7 Å². The minimum Gasteiger partial charge on any atom is -0.457 e. The van der Waals surface area contributed by atoms with Crippen LogP contribution in [-0.4, -0.2) is 41.7 Å². The summed E-state index contributed by atoms with van der Waals surface area (Å²) in [5, 5.41) is 0. The van der Waals surface area contributed by atoms with E-state index in [2.05, 4.69) is 15.9 Å². The summed E-state index contributed by atoms with van der Waals surface area (Å²) in [7, 11) is 0. The molecule has 36 heavy (non-hydrogen) atoms. The summed E-state index contributed by atoms with van der Waals surface area (Å²) in [4.78, 5) is 51.4. The van der Waals surface area contributed by atoms with Crippen molar-refractivity contribution in [1.29, 1.82) is 0 Å². The number of amides is 1. The van der Waals surface area contributed by atoms with Crippen molar-refractivity contribution in [2.45, 2.75) is 19.4 Å². The van der Waals surface area contributed by atoms with Crippen molar-refractivity contribution >= 4 is 39.6 Å². The molecule has 3 aromatic rings. The molecular weight excluding hydrogens is 526 g/mol. The van der Waals surface area contributed by atoms with Crippen LogP contribution >= 0.6 is 15.9 Å². The lowest BCUT2D eigenvalue weighted by Crippen LogP contribution is -2.30. The SMILES string of the molecule is C[C@H](c1ccccc1)N1C[C@H](C(=O)OCC(=O)c2ccc(OC(=O)c3ccc(Br)cc3)cc2)CC1=O. The van der Waals surface area contributed by atoms with Gasteiger partial charge in [0.2, 0.25) is 5.91 Å². The van der Waals surface area contributed by atoms with E-state index in [0.29, 0.717) is 11.1 Å². The third kappa shape index (κ3) is 6.07. The van der Waals surface area contributed by atoms with Gasteiger partial charge < -0.3 is 14.4 Å². The molecule has 3 aromatic carbocycles. The van der Waals surface area contributed by atoms with E-state index in [9.17, 15) is 19.2 Å². The molecule has 1 fully saturated rings. The van der Waals surface area contributed by atoms with Crippen LogP contribution in [0.25, 0.3) is 0 Å². The monoisotopic (exact) mass is 549 g/mol. The Morgan fingerprint density at radius 2 is 1.58 bits per heavy atom. The van der Waals surface area contributed by atoms with Gasteiger partial charge in [0.1, 0.15) is 5.75 Å². The van der Waals surface area contributed by atoms with Crippen molar-refractivity contribution in [1.82, 2.24) is 4.90 Å². The number of Topliss-reactive ketones (excluding diaryl/α,β-unsaturated/α-hetero) is 1.